The summed E-state index contributed by atoms with van der Waals surface area (Å²) in [6, 6.07) is 12.8. The van der Waals surface area contributed by atoms with Gasteiger partial charge in [-0.2, -0.15) is 0 Å². The van der Waals surface area contributed by atoms with E-state index in [9.17, 15) is 0 Å². The Bertz CT molecular complexity index is 575. The Balaban J connectivity index is 2.64. The molecule has 2 heteroatoms. The highest BCUT2D eigenvalue weighted by Crippen LogP contribution is 2.36. The van der Waals surface area contributed by atoms with Crippen LogP contribution in [0.4, 0.5) is 0 Å². The van der Waals surface area contributed by atoms with Crippen molar-refractivity contribution in [2.24, 2.45) is 0 Å². The van der Waals surface area contributed by atoms with E-state index in [4.69, 9.17) is 4.74 Å². The van der Waals surface area contributed by atoms with Gasteiger partial charge in [-0.25, -0.2) is 0 Å². The van der Waals surface area contributed by atoms with Crippen molar-refractivity contribution in [2.75, 3.05) is 14.2 Å². The predicted octanol–water partition coefficient (Wildman–Crippen LogP) is 3.70. The third kappa shape index (κ3) is 2.79. The number of nitrogens with one attached hydrogen (secondary N) is 1. The van der Waals surface area contributed by atoms with Gasteiger partial charge in [-0.1, -0.05) is 30.3 Å². The molecule has 0 saturated carbocycles. The van der Waals surface area contributed by atoms with Gasteiger partial charge in [0.25, 0.3) is 0 Å². The molecule has 0 atom stereocenters. The molecule has 0 saturated heterocycles. The first-order valence-electron chi connectivity index (χ1n) is 6.55. The zero-order valence-electron chi connectivity index (χ0n) is 12.1. The van der Waals surface area contributed by atoms with Crippen LogP contribution in [0.15, 0.2) is 36.4 Å². The van der Waals surface area contributed by atoms with Crippen LogP contribution in [0.5, 0.6) is 5.75 Å². The Labute approximate surface area is 115 Å². The van der Waals surface area contributed by atoms with Crippen LogP contribution in [0.3, 0.4) is 0 Å². The zero-order valence-corrected chi connectivity index (χ0v) is 12.1. The minimum atomic E-state index is 0.854. The van der Waals surface area contributed by atoms with Crippen molar-refractivity contribution in [3.8, 4) is 16.9 Å². The third-order valence-electron chi connectivity index (χ3n) is 3.32. The first-order chi connectivity index (χ1) is 9.17. The Kier molecular flexibility index (Phi) is 4.23. The quantitative estimate of drug-likeness (QED) is 0.899. The molecule has 2 nitrogen and oxygen atoms in total. The van der Waals surface area contributed by atoms with Gasteiger partial charge in [0, 0.05) is 12.1 Å². The van der Waals surface area contributed by atoms with Gasteiger partial charge in [0.1, 0.15) is 5.75 Å². The molecule has 0 bridgehead atoms. The van der Waals surface area contributed by atoms with E-state index in [-0.39, 0.29) is 0 Å². The van der Waals surface area contributed by atoms with E-state index >= 15 is 0 Å². The number of ether oxygens (including phenoxy) is 1. The van der Waals surface area contributed by atoms with Crippen molar-refractivity contribution in [3.63, 3.8) is 0 Å². The molecule has 0 heterocycles. The number of methoxy groups -OCH3 is 1. The van der Waals surface area contributed by atoms with Crippen molar-refractivity contribution in [1.29, 1.82) is 0 Å². The maximum absolute atomic E-state index is 5.57. The van der Waals surface area contributed by atoms with Crippen LogP contribution < -0.4 is 10.1 Å². The van der Waals surface area contributed by atoms with Crippen molar-refractivity contribution >= 4 is 0 Å². The molecule has 2 rings (SSSR count). The smallest absolute Gasteiger partial charge is 0.127 e. The summed E-state index contributed by atoms with van der Waals surface area (Å²) in [5, 5.41) is 3.22. The zero-order chi connectivity index (χ0) is 13.8. The van der Waals surface area contributed by atoms with Gasteiger partial charge < -0.3 is 10.1 Å². The lowest BCUT2D eigenvalue weighted by Crippen LogP contribution is -2.07. The molecule has 0 aliphatic carbocycles. The van der Waals surface area contributed by atoms with Crippen LogP contribution in [0.2, 0.25) is 0 Å². The molecule has 0 unspecified atom stereocenters. The highest BCUT2D eigenvalue weighted by atomic mass is 16.5. The minimum absolute atomic E-state index is 0.854. The van der Waals surface area contributed by atoms with Gasteiger partial charge in [-0.15, -0.1) is 0 Å². The highest BCUT2D eigenvalue weighted by molar-refractivity contribution is 5.77. The van der Waals surface area contributed by atoms with Crippen LogP contribution >= 0.6 is 0 Å². The summed E-state index contributed by atoms with van der Waals surface area (Å²) in [7, 11) is 3.70. The van der Waals surface area contributed by atoms with Crippen LogP contribution in [-0.4, -0.2) is 14.2 Å². The number of aryl methyl sites for hydroxylation is 2. The molecule has 19 heavy (non-hydrogen) atoms. The van der Waals surface area contributed by atoms with Gasteiger partial charge in [0.2, 0.25) is 0 Å². The van der Waals surface area contributed by atoms with E-state index in [0.717, 1.165) is 12.3 Å². The Morgan fingerprint density at radius 1 is 1.11 bits per heavy atom. The molecule has 0 aliphatic heterocycles. The molecular formula is C17H21NO. The second kappa shape index (κ2) is 5.89. The molecule has 2 aromatic rings. The predicted molar refractivity (Wildman–Crippen MR) is 80.7 cm³/mol. The summed E-state index contributed by atoms with van der Waals surface area (Å²) in [6.45, 7) is 5.09. The van der Waals surface area contributed by atoms with Crippen LogP contribution in [-0.2, 0) is 6.54 Å². The van der Waals surface area contributed by atoms with Crippen molar-refractivity contribution in [1.82, 2.24) is 5.32 Å². The maximum atomic E-state index is 5.57. The third-order valence-corrected chi connectivity index (χ3v) is 3.32. The molecule has 0 spiro atoms. The molecule has 0 radical (unpaired) electrons. The lowest BCUT2D eigenvalue weighted by atomic mass is 9.93. The molecule has 1 N–H and O–H groups in total. The van der Waals surface area contributed by atoms with E-state index < -0.39 is 0 Å². The Hall–Kier alpha value is -1.80. The molecule has 0 aliphatic rings. The summed E-state index contributed by atoms with van der Waals surface area (Å²) in [4.78, 5) is 0. The number of hydrogen-bond donors (Lipinski definition) is 1. The summed E-state index contributed by atoms with van der Waals surface area (Å²) in [5.41, 5.74) is 6.20. The highest BCUT2D eigenvalue weighted by Gasteiger charge is 2.13. The summed E-state index contributed by atoms with van der Waals surface area (Å²) in [6.07, 6.45) is 0. The van der Waals surface area contributed by atoms with Crippen molar-refractivity contribution in [2.45, 2.75) is 20.4 Å². The normalized spacial score (nSPS) is 10.5. The number of hydrogen-bond acceptors (Lipinski definition) is 2. The number of benzene rings is 2. The fraction of sp³-hybridized carbons (Fsp3) is 0.294. The Morgan fingerprint density at radius 3 is 2.53 bits per heavy atom. The average Bonchev–Trinajstić information content (AvgIpc) is 2.39. The second-order valence-electron chi connectivity index (χ2n) is 4.85. The minimum Gasteiger partial charge on any atom is -0.496 e. The maximum Gasteiger partial charge on any atom is 0.127 e. The SMILES string of the molecule is CNCc1ccccc1-c1c(C)cc(C)cc1OC. The molecular weight excluding hydrogens is 234 g/mol. The number of rotatable bonds is 4. The second-order valence-corrected chi connectivity index (χ2v) is 4.85. The molecule has 0 fully saturated rings. The topological polar surface area (TPSA) is 21.3 Å². The monoisotopic (exact) mass is 255 g/mol. The molecule has 2 aromatic carbocycles. The van der Waals surface area contributed by atoms with Gasteiger partial charge >= 0.3 is 0 Å². The van der Waals surface area contributed by atoms with Crippen molar-refractivity contribution < 1.29 is 4.74 Å². The summed E-state index contributed by atoms with van der Waals surface area (Å²) < 4.78 is 5.57. The molecule has 0 aromatic heterocycles. The van der Waals surface area contributed by atoms with E-state index in [1.165, 1.54) is 27.8 Å². The standard InChI is InChI=1S/C17H21NO/c1-12-9-13(2)17(16(10-12)19-4)15-8-6-5-7-14(15)11-18-3/h5-10,18H,11H2,1-4H3. The van der Waals surface area contributed by atoms with E-state index in [2.05, 4.69) is 55.6 Å². The summed E-state index contributed by atoms with van der Waals surface area (Å²) in [5.74, 6) is 0.945. The fourth-order valence-corrected chi connectivity index (χ4v) is 2.54. The lowest BCUT2D eigenvalue weighted by Gasteiger charge is -2.16. The van der Waals surface area contributed by atoms with Crippen LogP contribution in [0.25, 0.3) is 11.1 Å². The van der Waals surface area contributed by atoms with Crippen LogP contribution in [0.1, 0.15) is 16.7 Å². The fourth-order valence-electron chi connectivity index (χ4n) is 2.54. The van der Waals surface area contributed by atoms with Crippen LogP contribution in [0, 0.1) is 13.8 Å². The first-order valence-corrected chi connectivity index (χ1v) is 6.55. The first kappa shape index (κ1) is 13.6. The lowest BCUT2D eigenvalue weighted by molar-refractivity contribution is 0.416. The van der Waals surface area contributed by atoms with E-state index in [1.54, 1.807) is 7.11 Å². The van der Waals surface area contributed by atoms with Gasteiger partial charge in [-0.3, -0.25) is 0 Å². The molecule has 100 valence electrons. The van der Waals surface area contributed by atoms with Crippen molar-refractivity contribution in [3.05, 3.63) is 53.1 Å². The largest absolute Gasteiger partial charge is 0.496 e. The van der Waals surface area contributed by atoms with Gasteiger partial charge in [0.15, 0.2) is 0 Å². The average molecular weight is 255 g/mol. The van der Waals surface area contributed by atoms with Gasteiger partial charge in [0.05, 0.1) is 7.11 Å². The van der Waals surface area contributed by atoms with Gasteiger partial charge in [-0.05, 0) is 49.2 Å². The van der Waals surface area contributed by atoms with E-state index in [0.29, 0.717) is 0 Å². The summed E-state index contributed by atoms with van der Waals surface area (Å²) >= 11 is 0. The Morgan fingerprint density at radius 2 is 1.84 bits per heavy atom. The van der Waals surface area contributed by atoms with E-state index in [1.807, 2.05) is 7.05 Å². The molecule has 0 amide bonds.